The van der Waals surface area contributed by atoms with Crippen molar-refractivity contribution in [1.82, 2.24) is 0 Å². The average molecular weight is 170 g/mol. The topological polar surface area (TPSA) is 20.2 Å². The van der Waals surface area contributed by atoms with Crippen LogP contribution in [0.1, 0.15) is 46.0 Å². The van der Waals surface area contributed by atoms with Crippen molar-refractivity contribution in [2.75, 3.05) is 0 Å². The number of aliphatic hydroxyl groups excluding tert-OH is 1. The highest BCUT2D eigenvalue weighted by Gasteiger charge is 1.98. The van der Waals surface area contributed by atoms with Crippen molar-refractivity contribution in [3.63, 3.8) is 0 Å². The van der Waals surface area contributed by atoms with Crippen LogP contribution in [0.4, 0.5) is 0 Å². The first-order valence-electron chi connectivity index (χ1n) is 4.97. The minimum absolute atomic E-state index is 0.288. The van der Waals surface area contributed by atoms with E-state index in [1.165, 1.54) is 19.3 Å². The van der Waals surface area contributed by atoms with Crippen LogP contribution in [-0.2, 0) is 0 Å². The lowest BCUT2D eigenvalue weighted by molar-refractivity contribution is 0.208. The van der Waals surface area contributed by atoms with Crippen molar-refractivity contribution in [2.24, 2.45) is 5.92 Å². The summed E-state index contributed by atoms with van der Waals surface area (Å²) >= 11 is 0. The van der Waals surface area contributed by atoms with Gasteiger partial charge in [-0.3, -0.25) is 0 Å². The first-order chi connectivity index (χ1) is 5.66. The molecule has 0 aromatic carbocycles. The van der Waals surface area contributed by atoms with E-state index >= 15 is 0 Å². The monoisotopic (exact) mass is 170 g/mol. The molecule has 1 unspecified atom stereocenters. The molecule has 1 heteroatoms. The molecule has 0 spiro atoms. The van der Waals surface area contributed by atoms with Gasteiger partial charge in [-0.2, -0.15) is 0 Å². The first-order valence-corrected chi connectivity index (χ1v) is 4.97. The summed E-state index contributed by atoms with van der Waals surface area (Å²) in [6, 6.07) is 0. The third-order valence-electron chi connectivity index (χ3n) is 2.05. The standard InChI is InChI=1S/C11H22O/c1-4-11(12)9-7-5-6-8-10(2)3/h4,10-12H,1,5-9H2,2-3H3. The molecule has 0 radical (unpaired) electrons. The van der Waals surface area contributed by atoms with Gasteiger partial charge in [0, 0.05) is 0 Å². The van der Waals surface area contributed by atoms with Gasteiger partial charge in [-0.25, -0.2) is 0 Å². The van der Waals surface area contributed by atoms with Crippen molar-refractivity contribution in [3.05, 3.63) is 12.7 Å². The highest BCUT2D eigenvalue weighted by atomic mass is 16.3. The number of aliphatic hydroxyl groups is 1. The van der Waals surface area contributed by atoms with E-state index in [2.05, 4.69) is 20.4 Å². The fourth-order valence-electron chi connectivity index (χ4n) is 1.20. The second-order valence-electron chi connectivity index (χ2n) is 3.83. The van der Waals surface area contributed by atoms with Crippen molar-refractivity contribution in [1.29, 1.82) is 0 Å². The summed E-state index contributed by atoms with van der Waals surface area (Å²) in [5.41, 5.74) is 0. The molecule has 0 aromatic rings. The Kier molecular flexibility index (Phi) is 7.17. The molecule has 0 saturated heterocycles. The molecule has 0 aliphatic rings. The molecule has 0 heterocycles. The van der Waals surface area contributed by atoms with E-state index in [4.69, 9.17) is 5.11 Å². The normalized spacial score (nSPS) is 13.3. The highest BCUT2D eigenvalue weighted by molar-refractivity contribution is 4.77. The summed E-state index contributed by atoms with van der Waals surface area (Å²) in [7, 11) is 0. The summed E-state index contributed by atoms with van der Waals surface area (Å²) in [5, 5.41) is 9.15. The summed E-state index contributed by atoms with van der Waals surface area (Å²) < 4.78 is 0. The molecule has 1 atom stereocenters. The summed E-state index contributed by atoms with van der Waals surface area (Å²) in [5.74, 6) is 0.814. The van der Waals surface area contributed by atoms with Gasteiger partial charge in [-0.15, -0.1) is 6.58 Å². The Hall–Kier alpha value is -0.300. The summed E-state index contributed by atoms with van der Waals surface area (Å²) in [6.45, 7) is 8.03. The number of hydrogen-bond donors (Lipinski definition) is 1. The van der Waals surface area contributed by atoms with Gasteiger partial charge in [0.1, 0.15) is 0 Å². The quantitative estimate of drug-likeness (QED) is 0.459. The zero-order valence-corrected chi connectivity index (χ0v) is 8.42. The Morgan fingerprint density at radius 3 is 2.25 bits per heavy atom. The Labute approximate surface area is 76.5 Å². The molecule has 0 rings (SSSR count). The smallest absolute Gasteiger partial charge is 0.0718 e. The van der Waals surface area contributed by atoms with Crippen molar-refractivity contribution in [2.45, 2.75) is 52.1 Å². The van der Waals surface area contributed by atoms with Crippen LogP contribution in [-0.4, -0.2) is 11.2 Å². The Balaban J connectivity index is 3.05. The zero-order valence-electron chi connectivity index (χ0n) is 8.42. The predicted octanol–water partition coefficient (Wildman–Crippen LogP) is 3.14. The lowest BCUT2D eigenvalue weighted by Gasteiger charge is -2.05. The van der Waals surface area contributed by atoms with E-state index in [0.717, 1.165) is 18.8 Å². The van der Waals surface area contributed by atoms with Gasteiger partial charge in [0.25, 0.3) is 0 Å². The molecule has 12 heavy (non-hydrogen) atoms. The molecule has 1 nitrogen and oxygen atoms in total. The lowest BCUT2D eigenvalue weighted by atomic mass is 10.0. The molecule has 1 N–H and O–H groups in total. The van der Waals surface area contributed by atoms with Crippen LogP contribution in [0.25, 0.3) is 0 Å². The summed E-state index contributed by atoms with van der Waals surface area (Å²) in [6.07, 6.45) is 7.17. The van der Waals surface area contributed by atoms with Crippen LogP contribution >= 0.6 is 0 Å². The van der Waals surface area contributed by atoms with Crippen LogP contribution in [0.2, 0.25) is 0 Å². The minimum atomic E-state index is -0.288. The predicted molar refractivity (Wildman–Crippen MR) is 54.1 cm³/mol. The average Bonchev–Trinajstić information content (AvgIpc) is 2.03. The minimum Gasteiger partial charge on any atom is -0.389 e. The van der Waals surface area contributed by atoms with Gasteiger partial charge in [0.05, 0.1) is 6.10 Å². The molecule has 0 fully saturated rings. The Morgan fingerprint density at radius 2 is 1.75 bits per heavy atom. The van der Waals surface area contributed by atoms with E-state index in [9.17, 15) is 0 Å². The third kappa shape index (κ3) is 7.80. The molecular formula is C11H22O. The van der Waals surface area contributed by atoms with Crippen molar-refractivity contribution < 1.29 is 5.11 Å². The van der Waals surface area contributed by atoms with E-state index in [0.29, 0.717) is 0 Å². The maximum Gasteiger partial charge on any atom is 0.0718 e. The van der Waals surface area contributed by atoms with Gasteiger partial charge >= 0.3 is 0 Å². The molecule has 0 aromatic heterocycles. The number of rotatable bonds is 7. The fourth-order valence-corrected chi connectivity index (χ4v) is 1.20. The Morgan fingerprint density at radius 1 is 1.17 bits per heavy atom. The van der Waals surface area contributed by atoms with Gasteiger partial charge in [0.15, 0.2) is 0 Å². The van der Waals surface area contributed by atoms with Crippen LogP contribution in [0.5, 0.6) is 0 Å². The number of hydrogen-bond acceptors (Lipinski definition) is 1. The van der Waals surface area contributed by atoms with E-state index in [1.807, 2.05) is 0 Å². The lowest BCUT2D eigenvalue weighted by Crippen LogP contribution is -2.00. The SMILES string of the molecule is C=CC(O)CCCCCC(C)C. The molecule has 72 valence electrons. The molecule has 0 saturated carbocycles. The van der Waals surface area contributed by atoms with Crippen molar-refractivity contribution >= 4 is 0 Å². The van der Waals surface area contributed by atoms with Crippen LogP contribution in [0.15, 0.2) is 12.7 Å². The van der Waals surface area contributed by atoms with Crippen LogP contribution in [0.3, 0.4) is 0 Å². The van der Waals surface area contributed by atoms with Gasteiger partial charge in [0.2, 0.25) is 0 Å². The molecule has 0 aliphatic heterocycles. The fraction of sp³-hybridized carbons (Fsp3) is 0.818. The Bertz CT molecular complexity index is 108. The second-order valence-corrected chi connectivity index (χ2v) is 3.83. The largest absolute Gasteiger partial charge is 0.389 e. The second kappa shape index (κ2) is 7.35. The molecule has 0 amide bonds. The van der Waals surface area contributed by atoms with Gasteiger partial charge in [-0.05, 0) is 12.3 Å². The highest BCUT2D eigenvalue weighted by Crippen LogP contribution is 2.10. The third-order valence-corrected chi connectivity index (χ3v) is 2.05. The van der Waals surface area contributed by atoms with E-state index in [-0.39, 0.29) is 6.10 Å². The maximum absolute atomic E-state index is 9.15. The van der Waals surface area contributed by atoms with Crippen molar-refractivity contribution in [3.8, 4) is 0 Å². The molecule has 0 aliphatic carbocycles. The first kappa shape index (κ1) is 11.7. The van der Waals surface area contributed by atoms with E-state index < -0.39 is 0 Å². The number of unbranched alkanes of at least 4 members (excludes halogenated alkanes) is 2. The zero-order chi connectivity index (χ0) is 9.40. The van der Waals surface area contributed by atoms with Crippen LogP contribution < -0.4 is 0 Å². The molecular weight excluding hydrogens is 148 g/mol. The maximum atomic E-state index is 9.15. The van der Waals surface area contributed by atoms with Gasteiger partial charge in [-0.1, -0.05) is 45.6 Å². The van der Waals surface area contributed by atoms with Crippen LogP contribution in [0, 0.1) is 5.92 Å². The molecule has 0 bridgehead atoms. The van der Waals surface area contributed by atoms with E-state index in [1.54, 1.807) is 6.08 Å². The summed E-state index contributed by atoms with van der Waals surface area (Å²) in [4.78, 5) is 0. The van der Waals surface area contributed by atoms with Gasteiger partial charge < -0.3 is 5.11 Å².